The Kier molecular flexibility index (Phi) is 3.84. The third-order valence-corrected chi connectivity index (χ3v) is 1.87. The van der Waals surface area contributed by atoms with E-state index in [0.717, 1.165) is 0 Å². The molecule has 0 heterocycles. The van der Waals surface area contributed by atoms with Gasteiger partial charge < -0.3 is 4.74 Å². The summed E-state index contributed by atoms with van der Waals surface area (Å²) >= 11 is 0. The van der Waals surface area contributed by atoms with Gasteiger partial charge in [-0.25, -0.2) is 0 Å². The molecule has 1 aromatic carbocycles. The highest BCUT2D eigenvalue weighted by atomic mass is 16.6. The molecule has 5 heteroatoms. The highest BCUT2D eigenvalue weighted by Gasteiger charge is 2.16. The minimum Gasteiger partial charge on any atom is -0.484 e. The normalized spacial score (nSPS) is 9.88. The number of nitriles is 1. The molecule has 0 saturated carbocycles. The van der Waals surface area contributed by atoms with Crippen molar-refractivity contribution in [3.8, 4) is 11.8 Å². The number of nitro groups is 1. The van der Waals surface area contributed by atoms with Crippen LogP contribution < -0.4 is 4.74 Å². The fraction of sp³-hybridized carbons (Fsp3) is 0.364. The number of ether oxygens (including phenoxy) is 1. The van der Waals surface area contributed by atoms with Gasteiger partial charge in [0.15, 0.2) is 5.75 Å². The van der Waals surface area contributed by atoms with Crippen molar-refractivity contribution in [3.05, 3.63) is 33.9 Å². The van der Waals surface area contributed by atoms with Crippen molar-refractivity contribution in [1.82, 2.24) is 0 Å². The van der Waals surface area contributed by atoms with E-state index in [2.05, 4.69) is 0 Å². The molecule has 0 spiro atoms. The topological polar surface area (TPSA) is 76.2 Å². The largest absolute Gasteiger partial charge is 0.484 e. The van der Waals surface area contributed by atoms with Gasteiger partial charge in [-0.05, 0) is 25.5 Å². The van der Waals surface area contributed by atoms with Crippen LogP contribution in [-0.2, 0) is 6.42 Å². The molecule has 5 nitrogen and oxygen atoms in total. The Morgan fingerprint density at radius 1 is 1.56 bits per heavy atom. The van der Waals surface area contributed by atoms with Gasteiger partial charge in [0.1, 0.15) is 0 Å². The van der Waals surface area contributed by atoms with Gasteiger partial charge in [-0.15, -0.1) is 0 Å². The van der Waals surface area contributed by atoms with Crippen LogP contribution in [0.2, 0.25) is 0 Å². The van der Waals surface area contributed by atoms with Crippen LogP contribution >= 0.6 is 0 Å². The van der Waals surface area contributed by atoms with Gasteiger partial charge in [0.2, 0.25) is 0 Å². The quantitative estimate of drug-likeness (QED) is 0.576. The molecule has 0 fully saturated rings. The van der Waals surface area contributed by atoms with Gasteiger partial charge in [0, 0.05) is 6.07 Å². The first-order valence-corrected chi connectivity index (χ1v) is 4.85. The molecule has 0 saturated heterocycles. The maximum Gasteiger partial charge on any atom is 0.310 e. The van der Waals surface area contributed by atoms with Crippen molar-refractivity contribution >= 4 is 5.69 Å². The van der Waals surface area contributed by atoms with Gasteiger partial charge in [0.05, 0.1) is 23.5 Å². The summed E-state index contributed by atoms with van der Waals surface area (Å²) in [6.45, 7) is 3.58. The first-order valence-electron chi connectivity index (χ1n) is 4.85. The monoisotopic (exact) mass is 220 g/mol. The summed E-state index contributed by atoms with van der Waals surface area (Å²) in [5.74, 6) is 0.216. The van der Waals surface area contributed by atoms with Gasteiger partial charge in [-0.2, -0.15) is 5.26 Å². The van der Waals surface area contributed by atoms with Crippen LogP contribution in [0.5, 0.6) is 5.75 Å². The average Bonchev–Trinajstić information content (AvgIpc) is 2.16. The molecule has 1 rings (SSSR count). The molecular formula is C11H12N2O3. The summed E-state index contributed by atoms with van der Waals surface area (Å²) in [4.78, 5) is 10.2. The van der Waals surface area contributed by atoms with E-state index in [-0.39, 0.29) is 24.0 Å². The molecule has 0 unspecified atom stereocenters. The molecule has 0 radical (unpaired) electrons. The van der Waals surface area contributed by atoms with Crippen LogP contribution in [0.25, 0.3) is 0 Å². The highest BCUT2D eigenvalue weighted by molar-refractivity contribution is 5.49. The molecule has 0 atom stereocenters. The summed E-state index contributed by atoms with van der Waals surface area (Å²) in [5, 5.41) is 19.3. The smallest absolute Gasteiger partial charge is 0.310 e. The number of hydrogen-bond donors (Lipinski definition) is 0. The third-order valence-electron chi connectivity index (χ3n) is 1.87. The number of nitrogens with zero attached hydrogens (tertiary/aromatic N) is 2. The van der Waals surface area contributed by atoms with Crippen molar-refractivity contribution in [2.75, 3.05) is 0 Å². The maximum atomic E-state index is 10.7. The molecule has 1 aromatic rings. The zero-order chi connectivity index (χ0) is 12.1. The van der Waals surface area contributed by atoms with Gasteiger partial charge >= 0.3 is 5.69 Å². The summed E-state index contributed by atoms with van der Waals surface area (Å²) in [6.07, 6.45) is 0.0722. The summed E-state index contributed by atoms with van der Waals surface area (Å²) in [6, 6.07) is 6.46. The number of benzene rings is 1. The Hall–Kier alpha value is -2.09. The van der Waals surface area contributed by atoms with E-state index in [1.54, 1.807) is 26.0 Å². The Labute approximate surface area is 93.4 Å². The highest BCUT2D eigenvalue weighted by Crippen LogP contribution is 2.28. The molecule has 0 aliphatic heterocycles. The van der Waals surface area contributed by atoms with E-state index in [1.165, 1.54) is 6.07 Å². The summed E-state index contributed by atoms with van der Waals surface area (Å²) < 4.78 is 5.34. The Bertz CT molecular complexity index is 435. The molecule has 0 bridgehead atoms. The number of nitro benzene ring substituents is 1. The zero-order valence-corrected chi connectivity index (χ0v) is 9.14. The Morgan fingerprint density at radius 3 is 2.75 bits per heavy atom. The second-order valence-electron chi connectivity index (χ2n) is 3.56. The van der Waals surface area contributed by atoms with E-state index >= 15 is 0 Å². The van der Waals surface area contributed by atoms with Gasteiger partial charge in [-0.1, -0.05) is 6.07 Å². The van der Waals surface area contributed by atoms with Gasteiger partial charge in [0.25, 0.3) is 0 Å². The third kappa shape index (κ3) is 2.95. The number of rotatable bonds is 4. The van der Waals surface area contributed by atoms with Crippen molar-refractivity contribution in [3.63, 3.8) is 0 Å². The molecule has 0 N–H and O–H groups in total. The van der Waals surface area contributed by atoms with Crippen LogP contribution in [0.4, 0.5) is 5.69 Å². The lowest BCUT2D eigenvalue weighted by atomic mass is 10.1. The second kappa shape index (κ2) is 5.12. The lowest BCUT2D eigenvalue weighted by molar-refractivity contribution is -0.386. The number of hydrogen-bond acceptors (Lipinski definition) is 4. The molecular weight excluding hydrogens is 208 g/mol. The minimum atomic E-state index is -0.492. The SMILES string of the molecule is CC(C)Oc1cc(CC#N)ccc1[N+](=O)[O-]. The predicted molar refractivity (Wildman–Crippen MR) is 58.2 cm³/mol. The molecule has 16 heavy (non-hydrogen) atoms. The molecule has 0 aromatic heterocycles. The lowest BCUT2D eigenvalue weighted by Crippen LogP contribution is -2.07. The lowest BCUT2D eigenvalue weighted by Gasteiger charge is -2.10. The van der Waals surface area contributed by atoms with E-state index in [1.807, 2.05) is 6.07 Å². The van der Waals surface area contributed by atoms with E-state index < -0.39 is 4.92 Å². The minimum absolute atomic E-state index is 0.0737. The molecule has 0 amide bonds. The second-order valence-corrected chi connectivity index (χ2v) is 3.56. The van der Waals surface area contributed by atoms with Crippen molar-refractivity contribution in [1.29, 1.82) is 5.26 Å². The summed E-state index contributed by atoms with van der Waals surface area (Å²) in [7, 11) is 0. The summed E-state index contributed by atoms with van der Waals surface area (Å²) in [5.41, 5.74) is 0.638. The van der Waals surface area contributed by atoms with Crippen LogP contribution in [0.1, 0.15) is 19.4 Å². The Morgan fingerprint density at radius 2 is 2.25 bits per heavy atom. The molecule has 84 valence electrons. The van der Waals surface area contributed by atoms with Crippen molar-refractivity contribution in [2.45, 2.75) is 26.4 Å². The standard InChI is InChI=1S/C11H12N2O3/c1-8(2)16-11-7-9(5-6-12)3-4-10(11)13(14)15/h3-4,7-8H,5H2,1-2H3. The first-order chi connectivity index (χ1) is 7.54. The first kappa shape index (κ1) is 12.0. The fourth-order valence-electron chi connectivity index (χ4n) is 1.26. The van der Waals surface area contributed by atoms with E-state index in [4.69, 9.17) is 10.00 Å². The van der Waals surface area contributed by atoms with E-state index in [0.29, 0.717) is 5.56 Å². The van der Waals surface area contributed by atoms with E-state index in [9.17, 15) is 10.1 Å². The van der Waals surface area contributed by atoms with Crippen molar-refractivity contribution < 1.29 is 9.66 Å². The van der Waals surface area contributed by atoms with Crippen molar-refractivity contribution in [2.24, 2.45) is 0 Å². The van der Waals surface area contributed by atoms with Gasteiger partial charge in [-0.3, -0.25) is 10.1 Å². The molecule has 0 aliphatic rings. The van der Waals surface area contributed by atoms with Crippen LogP contribution in [0.3, 0.4) is 0 Å². The average molecular weight is 220 g/mol. The molecule has 0 aliphatic carbocycles. The van der Waals surface area contributed by atoms with Crippen LogP contribution in [0, 0.1) is 21.4 Å². The zero-order valence-electron chi connectivity index (χ0n) is 9.14. The Balaban J connectivity index is 3.11. The van der Waals surface area contributed by atoms with Crippen LogP contribution in [0.15, 0.2) is 18.2 Å². The fourth-order valence-corrected chi connectivity index (χ4v) is 1.26. The maximum absolute atomic E-state index is 10.7. The predicted octanol–water partition coefficient (Wildman–Crippen LogP) is 2.45. The van der Waals surface area contributed by atoms with Crippen LogP contribution in [-0.4, -0.2) is 11.0 Å².